The topological polar surface area (TPSA) is 32.3 Å². The van der Waals surface area contributed by atoms with Gasteiger partial charge in [-0.05, 0) is 48.6 Å². The van der Waals surface area contributed by atoms with E-state index < -0.39 is 0 Å². The Kier molecular flexibility index (Phi) is 3.40. The summed E-state index contributed by atoms with van der Waals surface area (Å²) < 4.78 is 0. The number of hydrogen-bond donors (Lipinski definition) is 2. The lowest BCUT2D eigenvalue weighted by Crippen LogP contribution is -2.42. The van der Waals surface area contributed by atoms with Crippen molar-refractivity contribution in [2.75, 3.05) is 0 Å². The van der Waals surface area contributed by atoms with Crippen molar-refractivity contribution in [3.63, 3.8) is 0 Å². The van der Waals surface area contributed by atoms with E-state index in [-0.39, 0.29) is 11.5 Å². The molecule has 2 heteroatoms. The highest BCUT2D eigenvalue weighted by atomic mass is 16.3. The van der Waals surface area contributed by atoms with Gasteiger partial charge in [-0.15, -0.1) is 0 Å². The zero-order chi connectivity index (χ0) is 13.5. The van der Waals surface area contributed by atoms with Gasteiger partial charge in [0.2, 0.25) is 0 Å². The molecule has 2 nitrogen and oxygen atoms in total. The van der Waals surface area contributed by atoms with Crippen LogP contribution in [0.3, 0.4) is 0 Å². The summed E-state index contributed by atoms with van der Waals surface area (Å²) in [5, 5.41) is 13.7. The van der Waals surface area contributed by atoms with E-state index in [1.54, 1.807) is 0 Å². The Morgan fingerprint density at radius 2 is 2.00 bits per heavy atom. The van der Waals surface area contributed by atoms with E-state index >= 15 is 0 Å². The molecule has 2 aliphatic carbocycles. The molecule has 19 heavy (non-hydrogen) atoms. The number of nitrogens with one attached hydrogen (secondary N) is 1. The second kappa shape index (κ2) is 4.92. The minimum absolute atomic E-state index is 0.106. The zero-order valence-electron chi connectivity index (χ0n) is 12.0. The van der Waals surface area contributed by atoms with E-state index in [0.717, 1.165) is 25.7 Å². The summed E-state index contributed by atoms with van der Waals surface area (Å²) in [5.74, 6) is 0. The summed E-state index contributed by atoms with van der Waals surface area (Å²) in [5.41, 5.74) is 3.22. The number of fused-ring (bicyclic) bond motifs is 1. The van der Waals surface area contributed by atoms with Crippen LogP contribution in [0.5, 0.6) is 0 Å². The second-order valence-corrected chi connectivity index (χ2v) is 6.98. The minimum Gasteiger partial charge on any atom is -0.393 e. The van der Waals surface area contributed by atoms with Crippen molar-refractivity contribution in [3.05, 3.63) is 35.4 Å². The smallest absolute Gasteiger partial charge is 0.0555 e. The molecule has 3 unspecified atom stereocenters. The van der Waals surface area contributed by atoms with Gasteiger partial charge in [0, 0.05) is 12.1 Å². The van der Waals surface area contributed by atoms with E-state index in [2.05, 4.69) is 43.4 Å². The molecule has 2 aliphatic rings. The van der Waals surface area contributed by atoms with Gasteiger partial charge in [-0.1, -0.05) is 38.1 Å². The lowest BCUT2D eigenvalue weighted by molar-refractivity contribution is 0.101. The van der Waals surface area contributed by atoms with Crippen LogP contribution < -0.4 is 5.32 Å². The molecule has 0 bridgehead atoms. The van der Waals surface area contributed by atoms with Gasteiger partial charge in [0.15, 0.2) is 0 Å². The average molecular weight is 259 g/mol. The van der Waals surface area contributed by atoms with E-state index in [1.165, 1.54) is 17.5 Å². The predicted molar refractivity (Wildman–Crippen MR) is 78.1 cm³/mol. The Balaban J connectivity index is 1.79. The van der Waals surface area contributed by atoms with Crippen LogP contribution in [-0.2, 0) is 6.42 Å². The molecule has 3 atom stereocenters. The van der Waals surface area contributed by atoms with Crippen LogP contribution in [-0.4, -0.2) is 17.3 Å². The number of hydrogen-bond acceptors (Lipinski definition) is 2. The molecular weight excluding hydrogens is 234 g/mol. The zero-order valence-corrected chi connectivity index (χ0v) is 12.0. The molecule has 0 amide bonds. The Morgan fingerprint density at radius 1 is 1.21 bits per heavy atom. The van der Waals surface area contributed by atoms with Gasteiger partial charge in [0.05, 0.1) is 6.10 Å². The number of aliphatic hydroxyl groups is 1. The van der Waals surface area contributed by atoms with Gasteiger partial charge in [0.1, 0.15) is 0 Å². The van der Waals surface area contributed by atoms with E-state index in [0.29, 0.717) is 12.1 Å². The summed E-state index contributed by atoms with van der Waals surface area (Å²) in [7, 11) is 0. The third-order valence-electron chi connectivity index (χ3n) is 4.84. The normalized spacial score (nSPS) is 33.1. The summed E-state index contributed by atoms with van der Waals surface area (Å²) in [6.07, 6.45) is 5.28. The highest BCUT2D eigenvalue weighted by Crippen LogP contribution is 2.45. The first-order valence-corrected chi connectivity index (χ1v) is 7.58. The van der Waals surface area contributed by atoms with Gasteiger partial charge < -0.3 is 10.4 Å². The third-order valence-corrected chi connectivity index (χ3v) is 4.84. The van der Waals surface area contributed by atoms with Gasteiger partial charge in [-0.25, -0.2) is 0 Å². The van der Waals surface area contributed by atoms with Crippen molar-refractivity contribution < 1.29 is 5.11 Å². The van der Waals surface area contributed by atoms with Gasteiger partial charge >= 0.3 is 0 Å². The molecule has 0 saturated heterocycles. The third kappa shape index (κ3) is 2.56. The van der Waals surface area contributed by atoms with Crippen molar-refractivity contribution in [1.29, 1.82) is 0 Å². The fraction of sp³-hybridized carbons (Fsp3) is 0.647. The predicted octanol–water partition coefficient (Wildman–Crippen LogP) is 3.20. The van der Waals surface area contributed by atoms with Crippen LogP contribution in [0.2, 0.25) is 0 Å². The first-order chi connectivity index (χ1) is 9.06. The van der Waals surface area contributed by atoms with Crippen LogP contribution in [0.4, 0.5) is 0 Å². The standard InChI is InChI=1S/C17H25NO/c1-17(2)11-12-6-3-4-9-15(12)16(17)18-13-7-5-8-14(19)10-13/h3-4,6,9,13-14,16,18-19H,5,7-8,10-11H2,1-2H3. The summed E-state index contributed by atoms with van der Waals surface area (Å²) in [4.78, 5) is 0. The molecule has 104 valence electrons. The Hall–Kier alpha value is -0.860. The maximum absolute atomic E-state index is 9.84. The SMILES string of the molecule is CC1(C)Cc2ccccc2C1NC1CCCC(O)C1. The first-order valence-electron chi connectivity index (χ1n) is 7.58. The lowest BCUT2D eigenvalue weighted by Gasteiger charge is -2.35. The fourth-order valence-corrected chi connectivity index (χ4v) is 3.86. The van der Waals surface area contributed by atoms with Crippen molar-refractivity contribution in [1.82, 2.24) is 5.32 Å². The highest BCUT2D eigenvalue weighted by Gasteiger charge is 2.39. The van der Waals surface area contributed by atoms with Crippen LogP contribution in [0.1, 0.15) is 56.7 Å². The summed E-state index contributed by atoms with van der Waals surface area (Å²) in [6, 6.07) is 9.71. The molecule has 3 rings (SSSR count). The quantitative estimate of drug-likeness (QED) is 0.855. The molecule has 1 aromatic rings. The van der Waals surface area contributed by atoms with Gasteiger partial charge in [-0.2, -0.15) is 0 Å². The molecule has 0 aromatic heterocycles. The van der Waals surface area contributed by atoms with E-state index in [1.807, 2.05) is 0 Å². The fourth-order valence-electron chi connectivity index (χ4n) is 3.86. The molecule has 0 heterocycles. The van der Waals surface area contributed by atoms with Crippen LogP contribution in [0.25, 0.3) is 0 Å². The average Bonchev–Trinajstić information content (AvgIpc) is 2.61. The Labute approximate surface area is 116 Å². The monoisotopic (exact) mass is 259 g/mol. The molecule has 1 aromatic carbocycles. The molecule has 2 N–H and O–H groups in total. The molecule has 0 aliphatic heterocycles. The molecule has 0 radical (unpaired) electrons. The molecule has 1 fully saturated rings. The van der Waals surface area contributed by atoms with Crippen LogP contribution in [0.15, 0.2) is 24.3 Å². The molecule has 1 saturated carbocycles. The van der Waals surface area contributed by atoms with Crippen LogP contribution in [0, 0.1) is 5.41 Å². The maximum Gasteiger partial charge on any atom is 0.0555 e. The Bertz CT molecular complexity index is 454. The summed E-state index contributed by atoms with van der Waals surface area (Å²) >= 11 is 0. The van der Waals surface area contributed by atoms with E-state index in [9.17, 15) is 5.11 Å². The Morgan fingerprint density at radius 3 is 2.79 bits per heavy atom. The largest absolute Gasteiger partial charge is 0.393 e. The summed E-state index contributed by atoms with van der Waals surface area (Å²) in [6.45, 7) is 4.70. The number of benzene rings is 1. The first kappa shape index (κ1) is 13.1. The number of rotatable bonds is 2. The van der Waals surface area contributed by atoms with Crippen molar-refractivity contribution in [2.45, 2.75) is 64.1 Å². The highest BCUT2D eigenvalue weighted by molar-refractivity contribution is 5.37. The number of aliphatic hydroxyl groups excluding tert-OH is 1. The maximum atomic E-state index is 9.84. The lowest BCUT2D eigenvalue weighted by atomic mass is 9.83. The van der Waals surface area contributed by atoms with Crippen molar-refractivity contribution in [2.24, 2.45) is 5.41 Å². The molecule has 0 spiro atoms. The van der Waals surface area contributed by atoms with Crippen molar-refractivity contribution in [3.8, 4) is 0 Å². The minimum atomic E-state index is -0.106. The molecular formula is C17H25NO. The van der Waals surface area contributed by atoms with Crippen LogP contribution >= 0.6 is 0 Å². The van der Waals surface area contributed by atoms with Gasteiger partial charge in [0.25, 0.3) is 0 Å². The van der Waals surface area contributed by atoms with Gasteiger partial charge in [-0.3, -0.25) is 0 Å². The van der Waals surface area contributed by atoms with E-state index in [4.69, 9.17) is 0 Å². The second-order valence-electron chi connectivity index (χ2n) is 6.98. The van der Waals surface area contributed by atoms with Crippen molar-refractivity contribution >= 4 is 0 Å².